The van der Waals surface area contributed by atoms with E-state index in [0.29, 0.717) is 5.56 Å². The lowest BCUT2D eigenvalue weighted by atomic mass is 10.2. The number of primary sulfonamides is 1. The molecule has 0 unspecified atom stereocenters. The van der Waals surface area contributed by atoms with Crippen LogP contribution in [0.2, 0.25) is 0 Å². The van der Waals surface area contributed by atoms with E-state index in [1.807, 2.05) is 0 Å². The molecule has 0 saturated heterocycles. The molecule has 0 bridgehead atoms. The van der Waals surface area contributed by atoms with Crippen LogP contribution in [0.1, 0.15) is 15.9 Å². The molecule has 0 aliphatic heterocycles. The Balaban J connectivity index is 2.17. The lowest BCUT2D eigenvalue weighted by molar-refractivity contribution is 0.0467. The molecular weight excluding hydrogens is 316 g/mol. The fraction of sp³-hybridized carbons (Fsp3) is 0.0714. The predicted octanol–water partition coefficient (Wildman–Crippen LogP) is 1.97. The van der Waals surface area contributed by atoms with Gasteiger partial charge in [-0.3, -0.25) is 0 Å². The zero-order valence-electron chi connectivity index (χ0n) is 11.1. The summed E-state index contributed by atoms with van der Waals surface area (Å²) in [6.07, 6.45) is 0. The zero-order chi connectivity index (χ0) is 16.3. The third kappa shape index (κ3) is 3.86. The molecule has 116 valence electrons. The number of halogens is 2. The van der Waals surface area contributed by atoms with Gasteiger partial charge in [0.25, 0.3) is 0 Å². The van der Waals surface area contributed by atoms with Gasteiger partial charge in [-0.25, -0.2) is 27.1 Å². The maximum Gasteiger partial charge on any atom is 0.341 e. The van der Waals surface area contributed by atoms with Crippen molar-refractivity contribution < 1.29 is 26.7 Å². The van der Waals surface area contributed by atoms with Crippen molar-refractivity contribution in [3.63, 3.8) is 0 Å². The van der Waals surface area contributed by atoms with Crippen molar-refractivity contribution in [1.29, 1.82) is 0 Å². The molecule has 2 rings (SSSR count). The largest absolute Gasteiger partial charge is 0.457 e. The van der Waals surface area contributed by atoms with Gasteiger partial charge in [0.05, 0.1) is 10.5 Å². The average Bonchev–Trinajstić information content (AvgIpc) is 2.45. The predicted molar refractivity (Wildman–Crippen MR) is 73.3 cm³/mol. The quantitative estimate of drug-likeness (QED) is 0.870. The van der Waals surface area contributed by atoms with Crippen LogP contribution in [-0.2, 0) is 21.4 Å². The molecule has 0 spiro atoms. The van der Waals surface area contributed by atoms with Gasteiger partial charge >= 0.3 is 5.97 Å². The molecule has 2 aromatic carbocycles. The Morgan fingerprint density at radius 2 is 1.73 bits per heavy atom. The number of esters is 1. The summed E-state index contributed by atoms with van der Waals surface area (Å²) in [4.78, 5) is 11.4. The van der Waals surface area contributed by atoms with E-state index in [1.165, 1.54) is 24.3 Å². The van der Waals surface area contributed by atoms with Crippen LogP contribution in [0.4, 0.5) is 8.78 Å². The van der Waals surface area contributed by atoms with Crippen molar-refractivity contribution >= 4 is 16.0 Å². The highest BCUT2D eigenvalue weighted by Crippen LogP contribution is 2.16. The summed E-state index contributed by atoms with van der Waals surface area (Å²) in [5.41, 5.74) is -0.0496. The molecule has 2 aromatic rings. The number of rotatable bonds is 4. The van der Waals surface area contributed by atoms with E-state index in [9.17, 15) is 22.0 Å². The Kier molecular flexibility index (Phi) is 4.53. The number of sulfonamides is 1. The highest BCUT2D eigenvalue weighted by atomic mass is 32.2. The number of nitrogens with two attached hydrogens (primary N) is 1. The normalized spacial score (nSPS) is 11.2. The summed E-state index contributed by atoms with van der Waals surface area (Å²) >= 11 is 0. The van der Waals surface area contributed by atoms with Gasteiger partial charge in [-0.05, 0) is 35.9 Å². The topological polar surface area (TPSA) is 86.5 Å². The lowest BCUT2D eigenvalue weighted by Gasteiger charge is -2.07. The third-order valence-electron chi connectivity index (χ3n) is 2.77. The maximum atomic E-state index is 13.6. The number of ether oxygens (including phenoxy) is 1. The van der Waals surface area contributed by atoms with Gasteiger partial charge in [0.2, 0.25) is 10.0 Å². The molecule has 0 aromatic heterocycles. The van der Waals surface area contributed by atoms with Crippen molar-refractivity contribution in [2.45, 2.75) is 11.5 Å². The van der Waals surface area contributed by atoms with Crippen LogP contribution < -0.4 is 5.14 Å². The minimum absolute atomic E-state index is 0.210. The van der Waals surface area contributed by atoms with Gasteiger partial charge in [-0.2, -0.15) is 0 Å². The lowest BCUT2D eigenvalue weighted by Crippen LogP contribution is -2.14. The van der Waals surface area contributed by atoms with Crippen molar-refractivity contribution in [1.82, 2.24) is 0 Å². The monoisotopic (exact) mass is 327 g/mol. The Morgan fingerprint density at radius 1 is 1.09 bits per heavy atom. The van der Waals surface area contributed by atoms with Crippen LogP contribution in [0.5, 0.6) is 0 Å². The van der Waals surface area contributed by atoms with Crippen LogP contribution in [0.15, 0.2) is 47.4 Å². The van der Waals surface area contributed by atoms with E-state index in [-0.39, 0.29) is 6.61 Å². The van der Waals surface area contributed by atoms with Crippen molar-refractivity contribution in [2.24, 2.45) is 5.14 Å². The molecule has 0 radical (unpaired) electrons. The van der Waals surface area contributed by atoms with Gasteiger partial charge < -0.3 is 4.74 Å². The van der Waals surface area contributed by atoms with Crippen LogP contribution >= 0.6 is 0 Å². The SMILES string of the molecule is NS(=O)(=O)c1ccc(F)c(C(=O)OCc2ccc(F)cc2)c1. The molecule has 2 N–H and O–H groups in total. The van der Waals surface area contributed by atoms with E-state index >= 15 is 0 Å². The van der Waals surface area contributed by atoms with Gasteiger partial charge in [0.1, 0.15) is 18.2 Å². The fourth-order valence-corrected chi connectivity index (χ4v) is 2.18. The highest BCUT2D eigenvalue weighted by Gasteiger charge is 2.18. The third-order valence-corrected chi connectivity index (χ3v) is 3.68. The molecule has 0 aliphatic carbocycles. The standard InChI is InChI=1S/C14H11F2NO4S/c15-10-3-1-9(2-4-10)8-21-14(18)12-7-11(22(17,19)20)5-6-13(12)16/h1-7H,8H2,(H2,17,19,20). The summed E-state index contributed by atoms with van der Waals surface area (Å²) in [7, 11) is -4.06. The summed E-state index contributed by atoms with van der Waals surface area (Å²) in [6.45, 7) is -0.210. The van der Waals surface area contributed by atoms with Crippen molar-refractivity contribution in [2.75, 3.05) is 0 Å². The molecule has 0 atom stereocenters. The second kappa shape index (κ2) is 6.20. The average molecular weight is 327 g/mol. The van der Waals surface area contributed by atoms with E-state index in [4.69, 9.17) is 9.88 Å². The van der Waals surface area contributed by atoms with E-state index in [2.05, 4.69) is 0 Å². The van der Waals surface area contributed by atoms with Crippen LogP contribution in [0, 0.1) is 11.6 Å². The van der Waals surface area contributed by atoms with E-state index in [0.717, 1.165) is 18.2 Å². The summed E-state index contributed by atoms with van der Waals surface area (Å²) in [6, 6.07) is 7.74. The molecule has 0 saturated carbocycles. The molecule has 22 heavy (non-hydrogen) atoms. The minimum Gasteiger partial charge on any atom is -0.457 e. The first kappa shape index (κ1) is 16.1. The second-order valence-corrected chi connectivity index (χ2v) is 5.95. The highest BCUT2D eigenvalue weighted by molar-refractivity contribution is 7.89. The molecule has 0 aliphatic rings. The van der Waals surface area contributed by atoms with Crippen molar-refractivity contribution in [3.8, 4) is 0 Å². The summed E-state index contributed by atoms with van der Waals surface area (Å²) in [5.74, 6) is -2.43. The fourth-order valence-electron chi connectivity index (χ4n) is 1.65. The first-order chi connectivity index (χ1) is 10.3. The Morgan fingerprint density at radius 3 is 2.32 bits per heavy atom. The van der Waals surface area contributed by atoms with Gasteiger partial charge in [0.15, 0.2) is 0 Å². The number of benzene rings is 2. The first-order valence-electron chi connectivity index (χ1n) is 6.01. The first-order valence-corrected chi connectivity index (χ1v) is 7.56. The van der Waals surface area contributed by atoms with Gasteiger partial charge in [0, 0.05) is 0 Å². The van der Waals surface area contributed by atoms with Crippen LogP contribution in [0.25, 0.3) is 0 Å². The maximum absolute atomic E-state index is 13.6. The number of hydrogen-bond donors (Lipinski definition) is 1. The number of carbonyl (C=O) groups is 1. The Labute approximate surface area is 125 Å². The second-order valence-electron chi connectivity index (χ2n) is 4.39. The van der Waals surface area contributed by atoms with Crippen LogP contribution in [0.3, 0.4) is 0 Å². The number of carbonyl (C=O) groups excluding carboxylic acids is 1. The van der Waals surface area contributed by atoms with Crippen LogP contribution in [-0.4, -0.2) is 14.4 Å². The van der Waals surface area contributed by atoms with E-state index < -0.39 is 38.1 Å². The Bertz CT molecular complexity index is 804. The molecule has 0 fully saturated rings. The summed E-state index contributed by atoms with van der Waals surface area (Å²) in [5, 5.41) is 4.92. The van der Waals surface area contributed by atoms with Gasteiger partial charge in [-0.1, -0.05) is 12.1 Å². The smallest absolute Gasteiger partial charge is 0.341 e. The van der Waals surface area contributed by atoms with Crippen molar-refractivity contribution in [3.05, 3.63) is 65.2 Å². The summed E-state index contributed by atoms with van der Waals surface area (Å²) < 4.78 is 53.6. The molecule has 5 nitrogen and oxygen atoms in total. The Hall–Kier alpha value is -2.32. The minimum atomic E-state index is -4.06. The number of hydrogen-bond acceptors (Lipinski definition) is 4. The molecule has 0 heterocycles. The van der Waals surface area contributed by atoms with Gasteiger partial charge in [-0.15, -0.1) is 0 Å². The molecule has 8 heteroatoms. The van der Waals surface area contributed by atoms with E-state index in [1.54, 1.807) is 0 Å². The molecular formula is C14H11F2NO4S. The zero-order valence-corrected chi connectivity index (χ0v) is 11.9. The molecule has 0 amide bonds.